The Kier molecular flexibility index (Phi) is 3.97. The van der Waals surface area contributed by atoms with Crippen molar-refractivity contribution in [2.24, 2.45) is 0 Å². The van der Waals surface area contributed by atoms with Gasteiger partial charge in [0.05, 0.1) is 0 Å². The molecule has 0 spiro atoms. The van der Waals surface area contributed by atoms with Crippen molar-refractivity contribution in [3.8, 4) is 0 Å². The molecule has 0 unspecified atom stereocenters. The lowest BCUT2D eigenvalue weighted by Gasteiger charge is -2.41. The minimum absolute atomic E-state index is 0.0500. The molecule has 0 saturated heterocycles. The van der Waals surface area contributed by atoms with Crippen molar-refractivity contribution in [1.82, 2.24) is 0 Å². The maximum atomic E-state index is 2.41. The highest BCUT2D eigenvalue weighted by Gasteiger charge is 2.39. The van der Waals surface area contributed by atoms with Gasteiger partial charge in [-0.2, -0.15) is 0 Å². The van der Waals surface area contributed by atoms with Gasteiger partial charge in [-0.15, -0.1) is 11.8 Å². The lowest BCUT2D eigenvalue weighted by atomic mass is 9.71. The van der Waals surface area contributed by atoms with Crippen LogP contribution in [0.2, 0.25) is 0 Å². The smallest absolute Gasteiger partial charge is 0.0356 e. The molecule has 3 aromatic rings. The van der Waals surface area contributed by atoms with Crippen LogP contribution in [0.5, 0.6) is 0 Å². The molecule has 120 valence electrons. The van der Waals surface area contributed by atoms with Crippen molar-refractivity contribution in [3.05, 3.63) is 101 Å². The predicted molar refractivity (Wildman–Crippen MR) is 104 cm³/mol. The van der Waals surface area contributed by atoms with Crippen LogP contribution in [0.25, 0.3) is 0 Å². The van der Waals surface area contributed by atoms with Crippen molar-refractivity contribution in [3.63, 3.8) is 0 Å². The first-order valence-electron chi connectivity index (χ1n) is 8.56. The molecule has 0 amide bonds. The monoisotopic (exact) mass is 330 g/mol. The van der Waals surface area contributed by atoms with Crippen LogP contribution < -0.4 is 0 Å². The fourth-order valence-corrected chi connectivity index (χ4v) is 5.51. The molecular weight excluding hydrogens is 308 g/mol. The molecule has 2 atom stereocenters. The molecule has 1 aliphatic rings. The zero-order valence-electron chi connectivity index (χ0n) is 14.2. The van der Waals surface area contributed by atoms with Gasteiger partial charge >= 0.3 is 0 Å². The average Bonchev–Trinajstić information content (AvgIpc) is 2.64. The van der Waals surface area contributed by atoms with Crippen LogP contribution in [-0.2, 0) is 5.41 Å². The third-order valence-corrected chi connectivity index (χ3v) is 6.74. The van der Waals surface area contributed by atoms with Gasteiger partial charge in [0.15, 0.2) is 0 Å². The zero-order chi connectivity index (χ0) is 16.6. The predicted octanol–water partition coefficient (Wildman–Crippen LogP) is 6.54. The molecule has 1 heteroatoms. The van der Waals surface area contributed by atoms with Crippen molar-refractivity contribution < 1.29 is 0 Å². The van der Waals surface area contributed by atoms with E-state index in [1.54, 1.807) is 0 Å². The largest absolute Gasteiger partial charge is 0.117 e. The summed E-state index contributed by atoms with van der Waals surface area (Å²) in [5.74, 6) is 0. The summed E-state index contributed by atoms with van der Waals surface area (Å²) < 4.78 is 0. The van der Waals surface area contributed by atoms with Crippen molar-refractivity contribution in [2.45, 2.75) is 35.8 Å². The molecule has 0 aliphatic carbocycles. The normalized spacial score (nSPS) is 22.8. The highest BCUT2D eigenvalue weighted by molar-refractivity contribution is 7.99. The van der Waals surface area contributed by atoms with E-state index in [2.05, 4.69) is 92.7 Å². The number of fused-ring (bicyclic) bond motifs is 1. The van der Waals surface area contributed by atoms with Gasteiger partial charge in [0, 0.05) is 15.6 Å². The van der Waals surface area contributed by atoms with E-state index in [1.165, 1.54) is 27.1 Å². The van der Waals surface area contributed by atoms with Crippen molar-refractivity contribution in [2.75, 3.05) is 0 Å². The summed E-state index contributed by atoms with van der Waals surface area (Å²) in [5.41, 5.74) is 5.76. The van der Waals surface area contributed by atoms with Crippen molar-refractivity contribution >= 4 is 11.8 Å². The first-order chi connectivity index (χ1) is 11.7. The van der Waals surface area contributed by atoms with E-state index < -0.39 is 0 Å². The van der Waals surface area contributed by atoms with E-state index in [-0.39, 0.29) is 5.41 Å². The van der Waals surface area contributed by atoms with Gasteiger partial charge in [-0.3, -0.25) is 0 Å². The lowest BCUT2D eigenvalue weighted by Crippen LogP contribution is -2.30. The average molecular weight is 330 g/mol. The summed E-state index contributed by atoms with van der Waals surface area (Å²) in [6, 6.07) is 28.7. The van der Waals surface area contributed by atoms with E-state index in [0.717, 1.165) is 6.42 Å². The van der Waals surface area contributed by atoms with E-state index in [0.29, 0.717) is 5.25 Å². The number of benzene rings is 3. The van der Waals surface area contributed by atoms with Gasteiger partial charge in [-0.1, -0.05) is 85.8 Å². The Balaban J connectivity index is 1.89. The highest BCUT2D eigenvalue weighted by Crippen LogP contribution is 2.55. The van der Waals surface area contributed by atoms with E-state index in [4.69, 9.17) is 0 Å². The second-order valence-corrected chi connectivity index (χ2v) is 8.08. The van der Waals surface area contributed by atoms with Gasteiger partial charge in [0.25, 0.3) is 0 Å². The minimum atomic E-state index is 0.0500. The zero-order valence-corrected chi connectivity index (χ0v) is 15.0. The van der Waals surface area contributed by atoms with Gasteiger partial charge in [-0.05, 0) is 35.6 Å². The van der Waals surface area contributed by atoms with E-state index in [9.17, 15) is 0 Å². The van der Waals surface area contributed by atoms with Crippen LogP contribution in [-0.4, -0.2) is 0 Å². The second-order valence-electron chi connectivity index (χ2n) is 6.87. The van der Waals surface area contributed by atoms with Gasteiger partial charge in [-0.25, -0.2) is 0 Å². The topological polar surface area (TPSA) is 0 Å². The van der Waals surface area contributed by atoms with E-state index in [1.807, 2.05) is 11.8 Å². The number of rotatable bonds is 2. The van der Waals surface area contributed by atoms with Gasteiger partial charge < -0.3 is 0 Å². The number of hydrogen-bond acceptors (Lipinski definition) is 1. The molecular formula is C23H22S. The summed E-state index contributed by atoms with van der Waals surface area (Å²) in [6.07, 6.45) is 1.13. The van der Waals surface area contributed by atoms with E-state index >= 15 is 0 Å². The molecule has 0 aromatic heterocycles. The highest BCUT2D eigenvalue weighted by atomic mass is 32.2. The molecule has 0 radical (unpaired) electrons. The molecule has 0 bridgehead atoms. The molecule has 24 heavy (non-hydrogen) atoms. The fourth-order valence-electron chi connectivity index (χ4n) is 3.84. The van der Waals surface area contributed by atoms with Crippen LogP contribution in [0.15, 0.2) is 83.8 Å². The molecule has 4 rings (SSSR count). The number of aryl methyl sites for hydroxylation is 1. The first-order valence-corrected chi connectivity index (χ1v) is 9.44. The number of hydrogen-bond donors (Lipinski definition) is 0. The fraction of sp³-hybridized carbons (Fsp3) is 0.217. The first kappa shape index (κ1) is 15.5. The van der Waals surface area contributed by atoms with Crippen molar-refractivity contribution in [1.29, 1.82) is 0 Å². The maximum Gasteiger partial charge on any atom is 0.0356 e. The van der Waals surface area contributed by atoms with Crippen LogP contribution in [0.1, 0.15) is 40.8 Å². The lowest BCUT2D eigenvalue weighted by molar-refractivity contribution is 0.494. The molecule has 0 nitrogen and oxygen atoms in total. The molecule has 0 saturated carbocycles. The van der Waals surface area contributed by atoms with Crippen LogP contribution in [0.3, 0.4) is 0 Å². The molecule has 0 fully saturated rings. The molecule has 0 N–H and O–H groups in total. The summed E-state index contributed by atoms with van der Waals surface area (Å²) in [4.78, 5) is 1.46. The van der Waals surface area contributed by atoms with Crippen LogP contribution >= 0.6 is 11.8 Å². The van der Waals surface area contributed by atoms with Crippen LogP contribution in [0.4, 0.5) is 0 Å². The Labute approximate surface area is 148 Å². The third-order valence-electron chi connectivity index (χ3n) is 5.24. The summed E-state index contributed by atoms with van der Waals surface area (Å²) in [7, 11) is 0. The summed E-state index contributed by atoms with van der Waals surface area (Å²) >= 11 is 2.03. The SMILES string of the molecule is Cc1cccc2c1S[C@H](c1ccccc1)C[C@]2(C)c1ccccc1. The second kappa shape index (κ2) is 6.14. The third kappa shape index (κ3) is 2.57. The summed E-state index contributed by atoms with van der Waals surface area (Å²) in [6.45, 7) is 4.65. The Morgan fingerprint density at radius 1 is 0.833 bits per heavy atom. The minimum Gasteiger partial charge on any atom is -0.117 e. The van der Waals surface area contributed by atoms with Crippen LogP contribution in [0, 0.1) is 6.92 Å². The maximum absolute atomic E-state index is 2.41. The van der Waals surface area contributed by atoms with Gasteiger partial charge in [0.2, 0.25) is 0 Å². The molecule has 3 aromatic carbocycles. The Morgan fingerprint density at radius 3 is 2.21 bits per heavy atom. The Morgan fingerprint density at radius 2 is 1.50 bits per heavy atom. The standard InChI is InChI=1S/C23H22S/c1-17-10-9-15-20-22(17)24-21(18-11-5-3-6-12-18)16-23(20,2)19-13-7-4-8-14-19/h3-15,21H,16H2,1-2H3/t21-,23+/m0/s1. The quantitative estimate of drug-likeness (QED) is 0.514. The molecule has 1 aliphatic heterocycles. The number of thioether (sulfide) groups is 1. The summed E-state index contributed by atoms with van der Waals surface area (Å²) in [5, 5.41) is 0.491. The molecule has 1 heterocycles. The Hall–Kier alpha value is -1.99. The Bertz CT molecular complexity index is 838. The van der Waals surface area contributed by atoms with Gasteiger partial charge in [0.1, 0.15) is 0 Å².